The van der Waals surface area contributed by atoms with Gasteiger partial charge in [0.1, 0.15) is 11.6 Å². The van der Waals surface area contributed by atoms with Crippen LogP contribution < -0.4 is 11.1 Å². The maximum Gasteiger partial charge on any atom is 0.254 e. The van der Waals surface area contributed by atoms with Crippen LogP contribution in [0.25, 0.3) is 0 Å². The highest BCUT2D eigenvalue weighted by Crippen LogP contribution is 2.16. The minimum absolute atomic E-state index is 0.264. The Labute approximate surface area is 98.0 Å². The summed E-state index contributed by atoms with van der Waals surface area (Å²) in [6, 6.07) is 1.56. The molecule has 90 valence electrons. The molecule has 0 aliphatic rings. The SMILES string of the molecule is C#CCCCNC(=O)c1cc(N)c(F)cc1F. The third-order valence-electron chi connectivity index (χ3n) is 2.11. The summed E-state index contributed by atoms with van der Waals surface area (Å²) >= 11 is 0. The predicted molar refractivity (Wildman–Crippen MR) is 61.2 cm³/mol. The molecule has 0 aromatic heterocycles. The molecule has 0 atom stereocenters. The van der Waals surface area contributed by atoms with E-state index < -0.39 is 17.5 Å². The van der Waals surface area contributed by atoms with Crippen LogP contribution in [-0.4, -0.2) is 12.5 Å². The first-order valence-corrected chi connectivity index (χ1v) is 5.02. The van der Waals surface area contributed by atoms with Crippen LogP contribution in [0, 0.1) is 24.0 Å². The van der Waals surface area contributed by atoms with E-state index in [0.717, 1.165) is 6.07 Å². The first-order chi connectivity index (χ1) is 8.06. The fourth-order valence-corrected chi connectivity index (χ4v) is 1.23. The van der Waals surface area contributed by atoms with Crippen LogP contribution in [0.2, 0.25) is 0 Å². The van der Waals surface area contributed by atoms with Gasteiger partial charge in [-0.15, -0.1) is 12.3 Å². The molecule has 1 rings (SSSR count). The van der Waals surface area contributed by atoms with E-state index in [9.17, 15) is 13.6 Å². The molecule has 17 heavy (non-hydrogen) atoms. The standard InChI is InChI=1S/C12H12F2N2O/c1-2-3-4-5-16-12(17)8-6-11(15)10(14)7-9(8)13/h1,6-7H,3-5,15H2,(H,16,17). The summed E-state index contributed by atoms with van der Waals surface area (Å²) in [5.74, 6) is -0.0407. The summed E-state index contributed by atoms with van der Waals surface area (Å²) in [7, 11) is 0. The van der Waals surface area contributed by atoms with E-state index in [0.29, 0.717) is 25.5 Å². The molecule has 0 heterocycles. The second-order valence-electron chi connectivity index (χ2n) is 3.42. The highest BCUT2D eigenvalue weighted by molar-refractivity contribution is 5.95. The van der Waals surface area contributed by atoms with Crippen LogP contribution in [0.15, 0.2) is 12.1 Å². The number of anilines is 1. The fourth-order valence-electron chi connectivity index (χ4n) is 1.23. The molecule has 3 N–H and O–H groups in total. The van der Waals surface area contributed by atoms with Gasteiger partial charge in [-0.1, -0.05) is 0 Å². The first kappa shape index (κ1) is 13.0. The predicted octanol–water partition coefficient (Wildman–Crippen LogP) is 1.69. The first-order valence-electron chi connectivity index (χ1n) is 5.02. The smallest absolute Gasteiger partial charge is 0.254 e. The van der Waals surface area contributed by atoms with Gasteiger partial charge in [0.2, 0.25) is 0 Å². The van der Waals surface area contributed by atoms with Gasteiger partial charge in [0.25, 0.3) is 5.91 Å². The maximum absolute atomic E-state index is 13.3. The molecule has 0 aliphatic heterocycles. The minimum Gasteiger partial charge on any atom is -0.396 e. The van der Waals surface area contributed by atoms with Gasteiger partial charge in [-0.05, 0) is 12.5 Å². The molecule has 1 aromatic carbocycles. The van der Waals surface area contributed by atoms with Crippen LogP contribution in [0.4, 0.5) is 14.5 Å². The van der Waals surface area contributed by atoms with Crippen molar-refractivity contribution in [3.8, 4) is 12.3 Å². The van der Waals surface area contributed by atoms with Crippen LogP contribution >= 0.6 is 0 Å². The molecular weight excluding hydrogens is 226 g/mol. The van der Waals surface area contributed by atoms with Gasteiger partial charge >= 0.3 is 0 Å². The Balaban J connectivity index is 2.70. The maximum atomic E-state index is 13.3. The number of benzene rings is 1. The van der Waals surface area contributed by atoms with E-state index in [-0.39, 0.29) is 11.3 Å². The highest BCUT2D eigenvalue weighted by Gasteiger charge is 2.14. The van der Waals surface area contributed by atoms with Crippen molar-refractivity contribution in [3.05, 3.63) is 29.3 Å². The lowest BCUT2D eigenvalue weighted by Gasteiger charge is -2.06. The van der Waals surface area contributed by atoms with E-state index in [2.05, 4.69) is 11.2 Å². The number of nitrogen functional groups attached to an aromatic ring is 1. The molecule has 0 fully saturated rings. The fraction of sp³-hybridized carbons (Fsp3) is 0.250. The van der Waals surface area contributed by atoms with E-state index in [1.807, 2.05) is 0 Å². The zero-order chi connectivity index (χ0) is 12.8. The van der Waals surface area contributed by atoms with Crippen molar-refractivity contribution in [2.24, 2.45) is 0 Å². The summed E-state index contributed by atoms with van der Waals surface area (Å²) in [5.41, 5.74) is 4.72. The molecule has 0 spiro atoms. The van der Waals surface area contributed by atoms with Gasteiger partial charge in [-0.25, -0.2) is 8.78 Å². The number of carbonyl (C=O) groups is 1. The summed E-state index contributed by atoms with van der Waals surface area (Å²) in [6.45, 7) is 0.333. The van der Waals surface area contributed by atoms with Crippen molar-refractivity contribution in [2.45, 2.75) is 12.8 Å². The van der Waals surface area contributed by atoms with Gasteiger partial charge in [-0.3, -0.25) is 4.79 Å². The van der Waals surface area contributed by atoms with Crippen molar-refractivity contribution in [1.82, 2.24) is 5.32 Å². The molecule has 1 amide bonds. The number of nitrogens with two attached hydrogens (primary N) is 1. The van der Waals surface area contributed by atoms with E-state index >= 15 is 0 Å². The Morgan fingerprint density at radius 1 is 1.41 bits per heavy atom. The zero-order valence-corrected chi connectivity index (χ0v) is 9.09. The van der Waals surface area contributed by atoms with Crippen molar-refractivity contribution in [2.75, 3.05) is 12.3 Å². The topological polar surface area (TPSA) is 55.1 Å². The normalized spacial score (nSPS) is 9.71. The Bertz CT molecular complexity index is 466. The van der Waals surface area contributed by atoms with Crippen LogP contribution in [0.3, 0.4) is 0 Å². The molecule has 1 aromatic rings. The molecule has 3 nitrogen and oxygen atoms in total. The average Bonchev–Trinajstić information content (AvgIpc) is 2.29. The van der Waals surface area contributed by atoms with Crippen LogP contribution in [-0.2, 0) is 0 Å². The van der Waals surface area contributed by atoms with Gasteiger partial charge in [-0.2, -0.15) is 0 Å². The molecule has 0 aliphatic carbocycles. The van der Waals surface area contributed by atoms with Crippen LogP contribution in [0.1, 0.15) is 23.2 Å². The van der Waals surface area contributed by atoms with Crippen molar-refractivity contribution in [1.29, 1.82) is 0 Å². The number of halogens is 2. The van der Waals surface area contributed by atoms with E-state index in [4.69, 9.17) is 12.2 Å². The second kappa shape index (κ2) is 5.85. The summed E-state index contributed by atoms with van der Waals surface area (Å²) in [4.78, 5) is 11.5. The van der Waals surface area contributed by atoms with E-state index in [1.54, 1.807) is 0 Å². The average molecular weight is 238 g/mol. The van der Waals surface area contributed by atoms with Gasteiger partial charge in [0, 0.05) is 19.0 Å². The minimum atomic E-state index is -0.939. The number of nitrogens with one attached hydrogen (secondary N) is 1. The van der Waals surface area contributed by atoms with Gasteiger partial charge in [0.15, 0.2) is 0 Å². The number of hydrogen-bond acceptors (Lipinski definition) is 2. The van der Waals surface area contributed by atoms with Crippen molar-refractivity contribution < 1.29 is 13.6 Å². The summed E-state index contributed by atoms with van der Waals surface area (Å²) < 4.78 is 26.1. The van der Waals surface area contributed by atoms with Crippen molar-refractivity contribution in [3.63, 3.8) is 0 Å². The van der Waals surface area contributed by atoms with Gasteiger partial charge < -0.3 is 11.1 Å². The summed E-state index contributed by atoms with van der Waals surface area (Å²) in [6.07, 6.45) is 6.16. The van der Waals surface area contributed by atoms with Gasteiger partial charge in [0.05, 0.1) is 11.3 Å². The summed E-state index contributed by atoms with van der Waals surface area (Å²) in [5, 5.41) is 2.47. The number of hydrogen-bond donors (Lipinski definition) is 2. The molecule has 0 unspecified atom stereocenters. The molecule has 0 saturated heterocycles. The quantitative estimate of drug-likeness (QED) is 0.476. The third-order valence-corrected chi connectivity index (χ3v) is 2.11. The number of unbranched alkanes of at least 4 members (excludes halogenated alkanes) is 1. The Hall–Kier alpha value is -2.09. The Kier molecular flexibility index (Phi) is 4.46. The van der Waals surface area contributed by atoms with E-state index in [1.165, 1.54) is 0 Å². The third kappa shape index (κ3) is 3.45. The largest absolute Gasteiger partial charge is 0.396 e. The monoisotopic (exact) mass is 238 g/mol. The van der Waals surface area contributed by atoms with Crippen LogP contribution in [0.5, 0.6) is 0 Å². The lowest BCUT2D eigenvalue weighted by atomic mass is 10.1. The number of carbonyl (C=O) groups excluding carboxylic acids is 1. The zero-order valence-electron chi connectivity index (χ0n) is 9.09. The highest BCUT2D eigenvalue weighted by atomic mass is 19.1. The van der Waals surface area contributed by atoms with Crippen molar-refractivity contribution >= 4 is 11.6 Å². The Morgan fingerprint density at radius 2 is 2.12 bits per heavy atom. The molecular formula is C12H12F2N2O. The second-order valence-corrected chi connectivity index (χ2v) is 3.42. The number of amides is 1. The molecule has 0 radical (unpaired) electrons. The molecule has 0 saturated carbocycles. The number of terminal acetylenes is 1. The lowest BCUT2D eigenvalue weighted by molar-refractivity contribution is 0.0949. The number of rotatable bonds is 4. The molecule has 5 heteroatoms. The Morgan fingerprint density at radius 3 is 2.76 bits per heavy atom. The molecule has 0 bridgehead atoms. The lowest BCUT2D eigenvalue weighted by Crippen LogP contribution is -2.25.